The van der Waals surface area contributed by atoms with Gasteiger partial charge in [-0.25, -0.2) is 0 Å². The van der Waals surface area contributed by atoms with Gasteiger partial charge >= 0.3 is 0 Å². The first-order chi connectivity index (χ1) is 11.4. The van der Waals surface area contributed by atoms with Crippen LogP contribution >= 0.6 is 0 Å². The lowest BCUT2D eigenvalue weighted by molar-refractivity contribution is 0.102. The summed E-state index contributed by atoms with van der Waals surface area (Å²) in [6.07, 6.45) is 0.0858. The normalized spacial score (nSPS) is 10.3. The lowest BCUT2D eigenvalue weighted by Gasteiger charge is -2.12. The van der Waals surface area contributed by atoms with Crippen LogP contribution in [0.1, 0.15) is 31.1 Å². The Morgan fingerprint density at radius 2 is 1.83 bits per heavy atom. The van der Waals surface area contributed by atoms with Crippen LogP contribution in [-0.2, 0) is 0 Å². The minimum atomic E-state index is -0.178. The van der Waals surface area contributed by atoms with Crippen molar-refractivity contribution in [2.45, 2.75) is 26.9 Å². The Hall–Kier alpha value is -2.75. The summed E-state index contributed by atoms with van der Waals surface area (Å²) in [4.78, 5) is 12.3. The third kappa shape index (κ3) is 5.47. The Kier molecular flexibility index (Phi) is 6.01. The maximum Gasteiger partial charge on any atom is 0.255 e. The molecule has 2 aromatic carbocycles. The van der Waals surface area contributed by atoms with Crippen LogP contribution in [0.4, 0.5) is 5.69 Å². The highest BCUT2D eigenvalue weighted by molar-refractivity contribution is 6.04. The Labute approximate surface area is 143 Å². The van der Waals surface area contributed by atoms with E-state index in [-0.39, 0.29) is 12.0 Å². The van der Waals surface area contributed by atoms with Gasteiger partial charge in [-0.05, 0) is 62.7 Å². The zero-order valence-corrected chi connectivity index (χ0v) is 14.3. The Morgan fingerprint density at radius 3 is 2.46 bits per heavy atom. The number of carbonyl (C=O) groups is 1. The molecule has 0 aliphatic carbocycles. The molecule has 1 amide bonds. The summed E-state index contributed by atoms with van der Waals surface area (Å²) in [5.41, 5.74) is 2.20. The van der Waals surface area contributed by atoms with Crippen molar-refractivity contribution in [1.29, 1.82) is 0 Å². The lowest BCUT2D eigenvalue weighted by Crippen LogP contribution is -2.12. The summed E-state index contributed by atoms with van der Waals surface area (Å²) >= 11 is 0. The molecule has 0 saturated carbocycles. The molecule has 4 nitrogen and oxygen atoms in total. The number of benzene rings is 2. The molecule has 0 aromatic heterocycles. The highest BCUT2D eigenvalue weighted by Crippen LogP contribution is 2.20. The predicted octanol–water partition coefficient (Wildman–Crippen LogP) is 4.68. The minimum Gasteiger partial charge on any atom is -0.491 e. The molecule has 0 radical (unpaired) electrons. The molecule has 24 heavy (non-hydrogen) atoms. The van der Waals surface area contributed by atoms with E-state index in [1.807, 2.05) is 45.0 Å². The molecule has 126 valence electrons. The van der Waals surface area contributed by atoms with Crippen molar-refractivity contribution in [2.24, 2.45) is 0 Å². The van der Waals surface area contributed by atoms with E-state index in [2.05, 4.69) is 11.9 Å². The quantitative estimate of drug-likeness (QED) is 0.752. The molecule has 4 heteroatoms. The van der Waals surface area contributed by atoms with Gasteiger partial charge in [-0.3, -0.25) is 4.79 Å². The van der Waals surface area contributed by atoms with E-state index in [4.69, 9.17) is 9.47 Å². The van der Waals surface area contributed by atoms with E-state index in [1.165, 1.54) is 0 Å². The first-order valence-electron chi connectivity index (χ1n) is 7.89. The number of hydrogen-bond acceptors (Lipinski definition) is 3. The molecule has 2 aromatic rings. The summed E-state index contributed by atoms with van der Waals surface area (Å²) in [7, 11) is 0. The van der Waals surface area contributed by atoms with Gasteiger partial charge in [0.05, 0.1) is 6.10 Å². The van der Waals surface area contributed by atoms with Crippen LogP contribution in [0.15, 0.2) is 60.7 Å². The number of nitrogens with one attached hydrogen (secondary N) is 1. The van der Waals surface area contributed by atoms with Crippen LogP contribution in [0, 0.1) is 0 Å². The van der Waals surface area contributed by atoms with Crippen LogP contribution in [0.2, 0.25) is 0 Å². The van der Waals surface area contributed by atoms with Crippen molar-refractivity contribution in [1.82, 2.24) is 0 Å². The molecule has 0 aliphatic heterocycles. The molecule has 2 rings (SSSR count). The van der Waals surface area contributed by atoms with Crippen LogP contribution in [0.25, 0.3) is 0 Å². The molecule has 0 unspecified atom stereocenters. The van der Waals surface area contributed by atoms with Crippen molar-refractivity contribution in [3.8, 4) is 11.5 Å². The number of carbonyl (C=O) groups excluding carboxylic acids is 1. The van der Waals surface area contributed by atoms with Crippen LogP contribution in [-0.4, -0.2) is 18.6 Å². The highest BCUT2D eigenvalue weighted by Gasteiger charge is 2.07. The molecule has 0 aliphatic rings. The van der Waals surface area contributed by atoms with E-state index in [0.29, 0.717) is 23.6 Å². The summed E-state index contributed by atoms with van der Waals surface area (Å²) in [5, 5.41) is 2.87. The Balaban J connectivity index is 2.00. The van der Waals surface area contributed by atoms with Crippen molar-refractivity contribution in [3.05, 3.63) is 66.2 Å². The zero-order chi connectivity index (χ0) is 17.5. The van der Waals surface area contributed by atoms with Crippen LogP contribution in [0.5, 0.6) is 11.5 Å². The van der Waals surface area contributed by atoms with Crippen LogP contribution in [0.3, 0.4) is 0 Å². The predicted molar refractivity (Wildman–Crippen MR) is 96.9 cm³/mol. The number of anilines is 1. The number of hydrogen-bond donors (Lipinski definition) is 1. The van der Waals surface area contributed by atoms with Gasteiger partial charge in [0.1, 0.15) is 18.1 Å². The van der Waals surface area contributed by atoms with Crippen molar-refractivity contribution < 1.29 is 14.3 Å². The fourth-order valence-corrected chi connectivity index (χ4v) is 2.03. The lowest BCUT2D eigenvalue weighted by atomic mass is 10.2. The number of amides is 1. The Bertz CT molecular complexity index is 705. The smallest absolute Gasteiger partial charge is 0.255 e. The zero-order valence-electron chi connectivity index (χ0n) is 14.3. The van der Waals surface area contributed by atoms with Gasteiger partial charge in [-0.15, -0.1) is 0 Å². The van der Waals surface area contributed by atoms with E-state index < -0.39 is 0 Å². The largest absolute Gasteiger partial charge is 0.491 e. The first kappa shape index (κ1) is 17.6. The van der Waals surface area contributed by atoms with Crippen molar-refractivity contribution >= 4 is 11.6 Å². The molecule has 0 heterocycles. The van der Waals surface area contributed by atoms with Crippen molar-refractivity contribution in [2.75, 3.05) is 11.9 Å². The molecule has 0 saturated heterocycles. The second-order valence-electron chi connectivity index (χ2n) is 5.92. The summed E-state index contributed by atoms with van der Waals surface area (Å²) in [6, 6.07) is 14.4. The average Bonchev–Trinajstić information content (AvgIpc) is 2.53. The van der Waals surface area contributed by atoms with Crippen LogP contribution < -0.4 is 14.8 Å². The molecule has 1 N–H and O–H groups in total. The van der Waals surface area contributed by atoms with Gasteiger partial charge < -0.3 is 14.8 Å². The maximum atomic E-state index is 12.3. The van der Waals surface area contributed by atoms with Gasteiger partial charge in [-0.2, -0.15) is 0 Å². The fraction of sp³-hybridized carbons (Fsp3) is 0.250. The van der Waals surface area contributed by atoms with E-state index >= 15 is 0 Å². The topological polar surface area (TPSA) is 47.6 Å². The van der Waals surface area contributed by atoms with Gasteiger partial charge in [0.15, 0.2) is 0 Å². The average molecular weight is 325 g/mol. The molecule has 0 bridgehead atoms. The molecular formula is C20H23NO3. The number of rotatable bonds is 7. The van der Waals surface area contributed by atoms with E-state index in [9.17, 15) is 4.79 Å². The monoisotopic (exact) mass is 325 g/mol. The summed E-state index contributed by atoms with van der Waals surface area (Å²) in [6.45, 7) is 10.1. The fourth-order valence-electron chi connectivity index (χ4n) is 2.03. The molecule has 0 spiro atoms. The van der Waals surface area contributed by atoms with Gasteiger partial charge in [-0.1, -0.05) is 12.6 Å². The first-order valence-corrected chi connectivity index (χ1v) is 7.89. The number of ether oxygens (including phenoxy) is 2. The van der Waals surface area contributed by atoms with E-state index in [1.54, 1.807) is 24.3 Å². The standard InChI is InChI=1S/C20H23NO3/c1-14(2)13-23-18-10-8-16(9-11-18)20(22)21-17-6-5-7-19(12-17)24-15(3)4/h5-12,15H,1,13H2,2-4H3,(H,21,22). The summed E-state index contributed by atoms with van der Waals surface area (Å²) < 4.78 is 11.2. The second kappa shape index (κ2) is 8.20. The van der Waals surface area contributed by atoms with Gasteiger partial charge in [0.2, 0.25) is 0 Å². The highest BCUT2D eigenvalue weighted by atomic mass is 16.5. The third-order valence-electron chi connectivity index (χ3n) is 3.07. The van der Waals surface area contributed by atoms with E-state index in [0.717, 1.165) is 11.3 Å². The molecule has 0 atom stereocenters. The van der Waals surface area contributed by atoms with Crippen molar-refractivity contribution in [3.63, 3.8) is 0 Å². The third-order valence-corrected chi connectivity index (χ3v) is 3.07. The SMILES string of the molecule is C=C(C)COc1ccc(C(=O)Nc2cccc(OC(C)C)c2)cc1. The van der Waals surface area contributed by atoms with Gasteiger partial charge in [0, 0.05) is 17.3 Å². The Morgan fingerprint density at radius 1 is 1.12 bits per heavy atom. The molecular weight excluding hydrogens is 302 g/mol. The maximum absolute atomic E-state index is 12.3. The second-order valence-corrected chi connectivity index (χ2v) is 5.92. The van der Waals surface area contributed by atoms with Gasteiger partial charge in [0.25, 0.3) is 5.91 Å². The molecule has 0 fully saturated rings. The minimum absolute atomic E-state index is 0.0858. The summed E-state index contributed by atoms with van der Waals surface area (Å²) in [5.74, 6) is 1.26.